The van der Waals surface area contributed by atoms with Crippen LogP contribution >= 0.6 is 15.9 Å². The highest BCUT2D eigenvalue weighted by molar-refractivity contribution is 9.10. The second-order valence-corrected chi connectivity index (χ2v) is 6.14. The van der Waals surface area contributed by atoms with Crippen molar-refractivity contribution in [3.8, 4) is 0 Å². The lowest BCUT2D eigenvalue weighted by atomic mass is 9.94. The molecular weight excluding hydrogens is 335 g/mol. The number of carbonyl (C=O) groups is 1. The zero-order chi connectivity index (χ0) is 15.5. The van der Waals surface area contributed by atoms with Gasteiger partial charge in [0, 0.05) is 10.2 Å². The van der Waals surface area contributed by atoms with Crippen LogP contribution in [0.5, 0.6) is 0 Å². The molecule has 0 atom stereocenters. The van der Waals surface area contributed by atoms with Crippen LogP contribution in [0.1, 0.15) is 19.4 Å². The molecule has 0 aromatic heterocycles. The van der Waals surface area contributed by atoms with Crippen LogP contribution in [0.4, 0.5) is 14.9 Å². The second kappa shape index (κ2) is 6.26. The number of urea groups is 1. The molecule has 0 saturated heterocycles. The molecule has 0 aliphatic heterocycles. The monoisotopic (exact) mass is 350 g/mol. The van der Waals surface area contributed by atoms with E-state index in [1.54, 1.807) is 18.2 Å². The van der Waals surface area contributed by atoms with Crippen molar-refractivity contribution in [3.05, 3.63) is 64.4 Å². The molecule has 2 aromatic carbocycles. The minimum atomic E-state index is -0.607. The van der Waals surface area contributed by atoms with Gasteiger partial charge in [-0.05, 0) is 49.7 Å². The van der Waals surface area contributed by atoms with Gasteiger partial charge in [0.2, 0.25) is 0 Å². The minimum Gasteiger partial charge on any atom is -0.329 e. The standard InChI is InChI=1S/C16H16BrFN2O/c1-16(2,11-6-8-13(18)9-7-11)20-15(21)19-14-5-3-4-12(17)10-14/h3-10H,1-2H3,(H2,19,20,21). The third-order valence-corrected chi connectivity index (χ3v) is 3.57. The van der Waals surface area contributed by atoms with Gasteiger partial charge in [0.05, 0.1) is 5.54 Å². The van der Waals surface area contributed by atoms with Crippen molar-refractivity contribution in [1.29, 1.82) is 0 Å². The summed E-state index contributed by atoms with van der Waals surface area (Å²) in [7, 11) is 0. The molecule has 0 bridgehead atoms. The average molecular weight is 351 g/mol. The van der Waals surface area contributed by atoms with Gasteiger partial charge >= 0.3 is 6.03 Å². The largest absolute Gasteiger partial charge is 0.329 e. The average Bonchev–Trinajstić information content (AvgIpc) is 2.38. The number of hydrogen-bond acceptors (Lipinski definition) is 1. The Bertz CT molecular complexity index is 641. The van der Waals surface area contributed by atoms with Crippen LogP contribution in [0.3, 0.4) is 0 Å². The molecule has 0 fully saturated rings. The Labute approximate surface area is 131 Å². The van der Waals surface area contributed by atoms with Crippen molar-refractivity contribution in [3.63, 3.8) is 0 Å². The number of carbonyl (C=O) groups excluding carboxylic acids is 1. The van der Waals surface area contributed by atoms with Gasteiger partial charge in [-0.25, -0.2) is 9.18 Å². The van der Waals surface area contributed by atoms with Crippen molar-refractivity contribution in [2.24, 2.45) is 0 Å². The number of amides is 2. The summed E-state index contributed by atoms with van der Waals surface area (Å²) < 4.78 is 13.8. The van der Waals surface area contributed by atoms with E-state index in [4.69, 9.17) is 0 Å². The van der Waals surface area contributed by atoms with Gasteiger partial charge < -0.3 is 10.6 Å². The van der Waals surface area contributed by atoms with Crippen LogP contribution < -0.4 is 10.6 Å². The Morgan fingerprint density at radius 1 is 1.14 bits per heavy atom. The molecule has 110 valence electrons. The Morgan fingerprint density at radius 3 is 2.43 bits per heavy atom. The summed E-state index contributed by atoms with van der Waals surface area (Å²) in [5.41, 5.74) is 0.911. The van der Waals surface area contributed by atoms with E-state index < -0.39 is 5.54 Å². The van der Waals surface area contributed by atoms with Crippen LogP contribution in [-0.4, -0.2) is 6.03 Å². The first-order valence-corrected chi connectivity index (χ1v) is 7.27. The Hall–Kier alpha value is -1.88. The minimum absolute atomic E-state index is 0.298. The van der Waals surface area contributed by atoms with Gasteiger partial charge in [-0.1, -0.05) is 34.1 Å². The normalized spacial score (nSPS) is 11.0. The van der Waals surface area contributed by atoms with E-state index in [-0.39, 0.29) is 11.8 Å². The Balaban J connectivity index is 2.05. The Morgan fingerprint density at radius 2 is 1.81 bits per heavy atom. The Kier molecular flexibility index (Phi) is 4.63. The lowest BCUT2D eigenvalue weighted by Crippen LogP contribution is -2.43. The van der Waals surface area contributed by atoms with Gasteiger partial charge in [0.15, 0.2) is 0 Å². The summed E-state index contributed by atoms with van der Waals surface area (Å²) >= 11 is 3.35. The van der Waals surface area contributed by atoms with Crippen LogP contribution in [0, 0.1) is 5.82 Å². The highest BCUT2D eigenvalue weighted by Gasteiger charge is 2.22. The fourth-order valence-corrected chi connectivity index (χ4v) is 2.35. The maximum absolute atomic E-state index is 13.0. The topological polar surface area (TPSA) is 41.1 Å². The van der Waals surface area contributed by atoms with Gasteiger partial charge in [-0.2, -0.15) is 0 Å². The number of nitrogens with one attached hydrogen (secondary N) is 2. The van der Waals surface area contributed by atoms with Gasteiger partial charge in [-0.15, -0.1) is 0 Å². The highest BCUT2D eigenvalue weighted by atomic mass is 79.9. The molecule has 2 rings (SSSR count). The molecule has 0 spiro atoms. The fourth-order valence-electron chi connectivity index (χ4n) is 1.95. The number of halogens is 2. The molecule has 21 heavy (non-hydrogen) atoms. The van der Waals surface area contributed by atoms with E-state index in [0.717, 1.165) is 10.0 Å². The predicted octanol–water partition coefficient (Wildman–Crippen LogP) is 4.65. The summed E-state index contributed by atoms with van der Waals surface area (Å²) in [5.74, 6) is -0.298. The molecule has 5 heteroatoms. The summed E-state index contributed by atoms with van der Waals surface area (Å²) in [6.45, 7) is 3.72. The zero-order valence-corrected chi connectivity index (χ0v) is 13.4. The van der Waals surface area contributed by atoms with Crippen molar-refractivity contribution in [2.75, 3.05) is 5.32 Å². The molecule has 0 heterocycles. The molecule has 0 unspecified atom stereocenters. The van der Waals surface area contributed by atoms with Crippen LogP contribution in [-0.2, 0) is 5.54 Å². The number of anilines is 1. The zero-order valence-electron chi connectivity index (χ0n) is 11.8. The first-order valence-electron chi connectivity index (χ1n) is 6.47. The number of hydrogen-bond donors (Lipinski definition) is 2. The van der Waals surface area contributed by atoms with Crippen molar-refractivity contribution < 1.29 is 9.18 Å². The fraction of sp³-hybridized carbons (Fsp3) is 0.188. The smallest absolute Gasteiger partial charge is 0.319 e. The predicted molar refractivity (Wildman–Crippen MR) is 85.7 cm³/mol. The number of rotatable bonds is 3. The summed E-state index contributed by atoms with van der Waals surface area (Å²) in [6.07, 6.45) is 0. The SMILES string of the molecule is CC(C)(NC(=O)Nc1cccc(Br)c1)c1ccc(F)cc1. The first-order chi connectivity index (χ1) is 9.87. The number of benzene rings is 2. The summed E-state index contributed by atoms with van der Waals surface area (Å²) in [5, 5.41) is 5.64. The van der Waals surface area contributed by atoms with Crippen LogP contribution in [0.2, 0.25) is 0 Å². The maximum Gasteiger partial charge on any atom is 0.319 e. The molecule has 2 aromatic rings. The highest BCUT2D eigenvalue weighted by Crippen LogP contribution is 2.21. The van der Waals surface area contributed by atoms with Gasteiger partial charge in [0.1, 0.15) is 5.82 Å². The third kappa shape index (κ3) is 4.29. The van der Waals surface area contributed by atoms with E-state index in [1.165, 1.54) is 12.1 Å². The molecule has 0 saturated carbocycles. The third-order valence-electron chi connectivity index (χ3n) is 3.07. The van der Waals surface area contributed by atoms with Crippen LogP contribution in [0.15, 0.2) is 53.0 Å². The van der Waals surface area contributed by atoms with Crippen molar-refractivity contribution >= 4 is 27.6 Å². The summed E-state index contributed by atoms with van der Waals surface area (Å²) in [6, 6.07) is 13.1. The second-order valence-electron chi connectivity index (χ2n) is 5.22. The molecule has 0 radical (unpaired) electrons. The maximum atomic E-state index is 13.0. The molecule has 3 nitrogen and oxygen atoms in total. The molecule has 0 aliphatic rings. The lowest BCUT2D eigenvalue weighted by Gasteiger charge is -2.27. The molecule has 2 amide bonds. The van der Waals surface area contributed by atoms with Crippen molar-refractivity contribution in [1.82, 2.24) is 5.32 Å². The van der Waals surface area contributed by atoms with E-state index >= 15 is 0 Å². The van der Waals surface area contributed by atoms with Gasteiger partial charge in [0.25, 0.3) is 0 Å². The van der Waals surface area contributed by atoms with E-state index in [2.05, 4.69) is 26.6 Å². The quantitative estimate of drug-likeness (QED) is 0.831. The van der Waals surface area contributed by atoms with E-state index in [0.29, 0.717) is 5.69 Å². The molecule has 0 aliphatic carbocycles. The van der Waals surface area contributed by atoms with E-state index in [9.17, 15) is 9.18 Å². The summed E-state index contributed by atoms with van der Waals surface area (Å²) in [4.78, 5) is 12.1. The van der Waals surface area contributed by atoms with Crippen LogP contribution in [0.25, 0.3) is 0 Å². The first kappa shape index (κ1) is 15.5. The molecule has 2 N–H and O–H groups in total. The molecular formula is C16H16BrFN2O. The van der Waals surface area contributed by atoms with E-state index in [1.807, 2.05) is 32.0 Å². The lowest BCUT2D eigenvalue weighted by molar-refractivity contribution is 0.242. The van der Waals surface area contributed by atoms with Crippen molar-refractivity contribution in [2.45, 2.75) is 19.4 Å². The van der Waals surface area contributed by atoms with Gasteiger partial charge in [-0.3, -0.25) is 0 Å².